The lowest BCUT2D eigenvalue weighted by Crippen LogP contribution is -2.66. The van der Waals surface area contributed by atoms with Crippen LogP contribution in [0.2, 0.25) is 0 Å². The number of unbranched alkanes of at least 4 members (excludes halogenated alkanes) is 14. The van der Waals surface area contributed by atoms with E-state index in [4.69, 9.17) is 28.4 Å². The predicted molar refractivity (Wildman–Crippen MR) is 300 cm³/mol. The summed E-state index contributed by atoms with van der Waals surface area (Å²) in [7, 11) is 0. The summed E-state index contributed by atoms with van der Waals surface area (Å²) in [6.07, 6.45) is 22.9. The molecule has 0 aromatic heterocycles. The number of hydrogen-bond acceptors (Lipinski definition) is 18. The van der Waals surface area contributed by atoms with E-state index in [1.807, 2.05) is 0 Å². The summed E-state index contributed by atoms with van der Waals surface area (Å²) in [6.45, 7) is 1.60. The average Bonchev–Trinajstić information content (AvgIpc) is 3.47. The maximum absolute atomic E-state index is 13.3. The van der Waals surface area contributed by atoms with E-state index in [0.29, 0.717) is 12.8 Å². The first kappa shape index (κ1) is 70.5. The van der Waals surface area contributed by atoms with Crippen LogP contribution in [0.25, 0.3) is 0 Å². The molecule has 0 spiro atoms. The highest BCUT2D eigenvalue weighted by atomic mass is 16.8. The number of rotatable bonds is 42. The van der Waals surface area contributed by atoms with E-state index in [0.717, 1.165) is 103 Å². The summed E-state index contributed by atoms with van der Waals surface area (Å²) in [5.74, 6) is -0.264. The quantitative estimate of drug-likeness (QED) is 0.0282. The third kappa shape index (κ3) is 27.0. The molecule has 3 aliphatic heterocycles. The number of carbonyl (C=O) groups is 1. The second kappa shape index (κ2) is 43.0. The van der Waals surface area contributed by atoms with Crippen LogP contribution in [0.5, 0.6) is 0 Å². The Labute approximate surface area is 470 Å². The van der Waals surface area contributed by atoms with Gasteiger partial charge in [-0.1, -0.05) is 170 Å². The first-order valence-corrected chi connectivity index (χ1v) is 29.7. The van der Waals surface area contributed by atoms with Gasteiger partial charge in [0.1, 0.15) is 73.2 Å². The van der Waals surface area contributed by atoms with Crippen LogP contribution >= 0.6 is 0 Å². The van der Waals surface area contributed by atoms with Crippen molar-refractivity contribution in [2.45, 2.75) is 272 Å². The van der Waals surface area contributed by atoms with E-state index in [9.17, 15) is 61.0 Å². The first-order chi connectivity index (χ1) is 38.3. The molecular weight excluding hydrogens is 1020 g/mol. The van der Waals surface area contributed by atoms with Gasteiger partial charge in [0, 0.05) is 6.42 Å². The van der Waals surface area contributed by atoms with Crippen molar-refractivity contribution < 1.29 is 89.4 Å². The van der Waals surface area contributed by atoms with E-state index in [1.165, 1.54) is 32.1 Å². The zero-order chi connectivity index (χ0) is 57.6. The Morgan fingerprint density at radius 3 is 1.37 bits per heavy atom. The minimum absolute atomic E-state index is 0.244. The van der Waals surface area contributed by atoms with E-state index in [-0.39, 0.29) is 18.9 Å². The molecule has 0 aliphatic carbocycles. The number of hydrogen-bond donors (Lipinski definition) is 12. The molecule has 0 aromatic carbocycles. The van der Waals surface area contributed by atoms with Gasteiger partial charge in [-0.05, 0) is 64.2 Å². The highest BCUT2D eigenvalue weighted by Gasteiger charge is 2.53. The number of nitrogens with one attached hydrogen (secondary N) is 1. The van der Waals surface area contributed by atoms with Crippen LogP contribution in [-0.2, 0) is 33.2 Å². The molecule has 3 rings (SSSR count). The van der Waals surface area contributed by atoms with Crippen molar-refractivity contribution in [3.05, 3.63) is 72.9 Å². The lowest BCUT2D eigenvalue weighted by atomic mass is 9.96. The summed E-state index contributed by atoms with van der Waals surface area (Å²) >= 11 is 0. The molecule has 0 radical (unpaired) electrons. The molecule has 3 saturated heterocycles. The molecule has 19 heteroatoms. The van der Waals surface area contributed by atoms with Crippen molar-refractivity contribution in [1.82, 2.24) is 5.32 Å². The number of carbonyl (C=O) groups excluding carboxylic acids is 1. The molecule has 79 heavy (non-hydrogen) atoms. The first-order valence-electron chi connectivity index (χ1n) is 29.7. The molecule has 17 unspecified atom stereocenters. The zero-order valence-corrected chi connectivity index (χ0v) is 47.3. The van der Waals surface area contributed by atoms with Crippen molar-refractivity contribution in [3.63, 3.8) is 0 Å². The third-order valence-corrected chi connectivity index (χ3v) is 14.5. The molecule has 19 nitrogen and oxygen atoms in total. The van der Waals surface area contributed by atoms with Crippen molar-refractivity contribution in [2.75, 3.05) is 26.4 Å². The Morgan fingerprint density at radius 1 is 0.468 bits per heavy atom. The van der Waals surface area contributed by atoms with Crippen LogP contribution in [0.15, 0.2) is 72.9 Å². The summed E-state index contributed by atoms with van der Waals surface area (Å²) in [5.41, 5.74) is 0. The topological polar surface area (TPSA) is 307 Å². The van der Waals surface area contributed by atoms with Gasteiger partial charge < -0.3 is 89.9 Å². The summed E-state index contributed by atoms with van der Waals surface area (Å²) < 4.78 is 34.2. The molecule has 3 heterocycles. The molecule has 3 aliphatic rings. The standard InChI is InChI=1S/C60H103NO18/c1-3-5-7-9-11-13-14-15-16-17-18-19-20-21-22-23-24-25-26-27-28-30-32-34-36-38-48(66)61-43(44(65)37-35-33-31-29-12-10-8-6-4-2)42-74-58-54(72)51(69)56(46(40-63)76-58)79-60-55(73)52(70)57(47(41-64)77-60)78-59-53(71)50(68)49(67)45(39-62)75-59/h5,7,11,13,15-16,18-19,21-22,24-25,43-47,49-60,62-65,67-73H,3-4,6,8-10,12,14,17,20,23,26-42H2,1-2H3,(H,61,66)/b7-5-,13-11-,16-15-,19-18-,22-21-,25-24-. The molecule has 0 saturated carbocycles. The van der Waals surface area contributed by atoms with E-state index >= 15 is 0 Å². The fraction of sp³-hybridized carbons (Fsp3) is 0.783. The number of aliphatic hydroxyl groups is 11. The smallest absolute Gasteiger partial charge is 0.220 e. The van der Waals surface area contributed by atoms with Crippen molar-refractivity contribution in [1.29, 1.82) is 0 Å². The minimum atomic E-state index is -1.98. The van der Waals surface area contributed by atoms with Crippen LogP contribution in [0.4, 0.5) is 0 Å². The average molecular weight is 1130 g/mol. The van der Waals surface area contributed by atoms with Crippen LogP contribution in [0.1, 0.15) is 168 Å². The van der Waals surface area contributed by atoms with Crippen LogP contribution in [-0.4, -0.2) is 193 Å². The van der Waals surface area contributed by atoms with Gasteiger partial charge in [-0.3, -0.25) is 4.79 Å². The van der Waals surface area contributed by atoms with Gasteiger partial charge in [0.15, 0.2) is 18.9 Å². The zero-order valence-electron chi connectivity index (χ0n) is 47.3. The van der Waals surface area contributed by atoms with E-state index < -0.39 is 124 Å². The molecule has 17 atom stereocenters. The van der Waals surface area contributed by atoms with Crippen molar-refractivity contribution in [3.8, 4) is 0 Å². The van der Waals surface area contributed by atoms with Crippen LogP contribution in [0.3, 0.4) is 0 Å². The maximum Gasteiger partial charge on any atom is 0.220 e. The lowest BCUT2D eigenvalue weighted by Gasteiger charge is -2.48. The fourth-order valence-corrected chi connectivity index (χ4v) is 9.67. The van der Waals surface area contributed by atoms with Gasteiger partial charge in [0.25, 0.3) is 0 Å². The Bertz CT molecular complexity index is 1730. The van der Waals surface area contributed by atoms with Gasteiger partial charge in [-0.25, -0.2) is 0 Å². The van der Waals surface area contributed by atoms with Gasteiger partial charge in [-0.2, -0.15) is 0 Å². The summed E-state index contributed by atoms with van der Waals surface area (Å²) in [6, 6.07) is -0.897. The summed E-state index contributed by atoms with van der Waals surface area (Å²) in [5, 5.41) is 120. The molecule has 12 N–H and O–H groups in total. The molecule has 0 aromatic rings. The van der Waals surface area contributed by atoms with Gasteiger partial charge >= 0.3 is 0 Å². The molecule has 1 amide bonds. The monoisotopic (exact) mass is 1130 g/mol. The second-order valence-corrected chi connectivity index (χ2v) is 21.1. The normalized spacial score (nSPS) is 30.8. The number of ether oxygens (including phenoxy) is 6. The Hall–Kier alpha value is -2.77. The largest absolute Gasteiger partial charge is 0.394 e. The van der Waals surface area contributed by atoms with Gasteiger partial charge in [0.2, 0.25) is 5.91 Å². The van der Waals surface area contributed by atoms with Crippen LogP contribution < -0.4 is 5.32 Å². The SMILES string of the molecule is CC/C=C\C/C=C\C/C=C\C/C=C\C/C=C\C/C=C\CCCCCCCCC(=O)NC(COC1OC(CO)C(OC2OC(CO)C(OC3OC(CO)C(O)C(O)C3O)C(O)C2O)C(O)C1O)C(O)CCCCCCCCCCC. The molecule has 0 bridgehead atoms. The van der Waals surface area contributed by atoms with Crippen molar-refractivity contribution >= 4 is 5.91 Å². The minimum Gasteiger partial charge on any atom is -0.394 e. The highest BCUT2D eigenvalue weighted by Crippen LogP contribution is 2.33. The number of amides is 1. The Kier molecular flexibility index (Phi) is 38.3. The van der Waals surface area contributed by atoms with Crippen LogP contribution in [0, 0.1) is 0 Å². The maximum atomic E-state index is 13.3. The Morgan fingerprint density at radius 2 is 0.873 bits per heavy atom. The molecule has 456 valence electrons. The van der Waals surface area contributed by atoms with Gasteiger partial charge in [0.05, 0.1) is 38.6 Å². The van der Waals surface area contributed by atoms with E-state index in [1.54, 1.807) is 0 Å². The summed E-state index contributed by atoms with van der Waals surface area (Å²) in [4.78, 5) is 13.3. The van der Waals surface area contributed by atoms with Crippen molar-refractivity contribution in [2.24, 2.45) is 0 Å². The van der Waals surface area contributed by atoms with Gasteiger partial charge in [-0.15, -0.1) is 0 Å². The third-order valence-electron chi connectivity index (χ3n) is 14.5. The number of allylic oxidation sites excluding steroid dienone is 12. The highest BCUT2D eigenvalue weighted by molar-refractivity contribution is 5.76. The number of aliphatic hydroxyl groups excluding tert-OH is 11. The molecular formula is C60H103NO18. The second-order valence-electron chi connectivity index (χ2n) is 21.1. The predicted octanol–water partition coefficient (Wildman–Crippen LogP) is 5.04. The Balaban J connectivity index is 1.44. The lowest BCUT2D eigenvalue weighted by molar-refractivity contribution is -0.379. The van der Waals surface area contributed by atoms with E-state index in [2.05, 4.69) is 92.1 Å². The fourth-order valence-electron chi connectivity index (χ4n) is 9.67. The molecule has 3 fully saturated rings.